The van der Waals surface area contributed by atoms with Crippen LogP contribution in [0, 0.1) is 5.82 Å². The molecule has 3 amide bonds. The number of hydrogen-bond acceptors (Lipinski definition) is 4. The number of rotatable bonds is 6. The molecule has 7 nitrogen and oxygen atoms in total. The molecule has 1 atom stereocenters. The van der Waals surface area contributed by atoms with E-state index in [1.807, 2.05) is 0 Å². The first-order valence-electron chi connectivity index (χ1n) is 9.54. The highest BCUT2D eigenvalue weighted by molar-refractivity contribution is 5.89. The molecule has 1 heterocycles. The summed E-state index contributed by atoms with van der Waals surface area (Å²) in [5, 5.41) is 17.8. The Bertz CT molecular complexity index is 827. The minimum Gasteiger partial charge on any atom is -0.395 e. The number of aliphatic hydroxyl groups excluding tert-OH is 1. The number of aliphatic hydroxyl groups is 1. The predicted octanol–water partition coefficient (Wildman–Crippen LogP) is 1.48. The van der Waals surface area contributed by atoms with Gasteiger partial charge >= 0.3 is 6.03 Å². The van der Waals surface area contributed by atoms with Gasteiger partial charge in [-0.25, -0.2) is 9.18 Å². The van der Waals surface area contributed by atoms with E-state index < -0.39 is 0 Å². The van der Waals surface area contributed by atoms with Gasteiger partial charge in [-0.3, -0.25) is 4.79 Å². The summed E-state index contributed by atoms with van der Waals surface area (Å²) < 4.78 is 12.9. The molecule has 1 aliphatic heterocycles. The SMILES string of the molecule is O=C(NCc1ccc(F)cc1)Nc1ccc(CC(=O)N2CCNC(CO)C2)cc1. The molecule has 4 N–H and O–H groups in total. The topological polar surface area (TPSA) is 93.7 Å². The van der Waals surface area contributed by atoms with Crippen LogP contribution in [0.5, 0.6) is 0 Å². The summed E-state index contributed by atoms with van der Waals surface area (Å²) in [6, 6.07) is 12.6. The highest BCUT2D eigenvalue weighted by Crippen LogP contribution is 2.12. The van der Waals surface area contributed by atoms with E-state index in [0.717, 1.165) is 11.1 Å². The molecule has 0 saturated carbocycles. The average molecular weight is 400 g/mol. The molecular weight excluding hydrogens is 375 g/mol. The monoisotopic (exact) mass is 400 g/mol. The zero-order valence-corrected chi connectivity index (χ0v) is 16.0. The van der Waals surface area contributed by atoms with Crippen molar-refractivity contribution in [3.63, 3.8) is 0 Å². The molecule has 0 spiro atoms. The summed E-state index contributed by atoms with van der Waals surface area (Å²) in [5.74, 6) is -0.301. The highest BCUT2D eigenvalue weighted by Gasteiger charge is 2.22. The molecular formula is C21H25FN4O3. The van der Waals surface area contributed by atoms with Crippen LogP contribution >= 0.6 is 0 Å². The van der Waals surface area contributed by atoms with E-state index in [0.29, 0.717) is 25.3 Å². The third-order valence-corrected chi connectivity index (χ3v) is 4.76. The Morgan fingerprint density at radius 1 is 1.10 bits per heavy atom. The molecule has 2 aromatic carbocycles. The number of carbonyl (C=O) groups is 2. The third kappa shape index (κ3) is 6.27. The number of carbonyl (C=O) groups excluding carboxylic acids is 2. The Labute approximate surface area is 168 Å². The standard InChI is InChI=1S/C21H25FN4O3/c22-17-5-1-16(2-6-17)12-24-21(29)25-18-7-3-15(4-8-18)11-20(28)26-10-9-23-19(13-26)14-27/h1-8,19,23,27H,9-14H2,(H2,24,25,29). The molecule has 1 aliphatic rings. The van der Waals surface area contributed by atoms with Crippen molar-refractivity contribution in [2.45, 2.75) is 19.0 Å². The number of halogens is 1. The zero-order valence-electron chi connectivity index (χ0n) is 16.0. The maximum absolute atomic E-state index is 12.9. The fourth-order valence-electron chi connectivity index (χ4n) is 3.13. The van der Waals surface area contributed by atoms with Crippen LogP contribution in [0.3, 0.4) is 0 Å². The van der Waals surface area contributed by atoms with Gasteiger partial charge in [0.25, 0.3) is 0 Å². The second-order valence-electron chi connectivity index (χ2n) is 6.98. The number of nitrogens with one attached hydrogen (secondary N) is 3. The molecule has 0 aromatic heterocycles. The first-order valence-corrected chi connectivity index (χ1v) is 9.54. The molecule has 154 valence electrons. The second kappa shape index (κ2) is 9.99. The van der Waals surface area contributed by atoms with E-state index in [1.165, 1.54) is 12.1 Å². The van der Waals surface area contributed by atoms with Gasteiger partial charge in [0.15, 0.2) is 0 Å². The maximum atomic E-state index is 12.9. The normalized spacial score (nSPS) is 16.3. The number of benzene rings is 2. The molecule has 0 radical (unpaired) electrons. The van der Waals surface area contributed by atoms with Gasteiger partial charge in [0, 0.05) is 37.9 Å². The number of piperazine rings is 1. The number of amides is 3. The molecule has 2 aromatic rings. The van der Waals surface area contributed by atoms with Crippen molar-refractivity contribution in [2.75, 3.05) is 31.6 Å². The molecule has 1 unspecified atom stereocenters. The van der Waals surface area contributed by atoms with E-state index in [4.69, 9.17) is 0 Å². The van der Waals surface area contributed by atoms with E-state index in [-0.39, 0.29) is 43.4 Å². The number of urea groups is 1. The van der Waals surface area contributed by atoms with Crippen LogP contribution in [-0.2, 0) is 17.8 Å². The van der Waals surface area contributed by atoms with Crippen molar-refractivity contribution < 1.29 is 19.1 Å². The Balaban J connectivity index is 1.46. The highest BCUT2D eigenvalue weighted by atomic mass is 19.1. The van der Waals surface area contributed by atoms with Crippen molar-refractivity contribution >= 4 is 17.6 Å². The summed E-state index contributed by atoms with van der Waals surface area (Å²) in [7, 11) is 0. The Morgan fingerprint density at radius 3 is 2.48 bits per heavy atom. The molecule has 1 saturated heterocycles. The first kappa shape index (κ1) is 20.8. The van der Waals surface area contributed by atoms with Gasteiger partial charge in [0.05, 0.1) is 13.0 Å². The van der Waals surface area contributed by atoms with Crippen LogP contribution in [0.25, 0.3) is 0 Å². The van der Waals surface area contributed by atoms with Gasteiger partial charge in [-0.2, -0.15) is 0 Å². The van der Waals surface area contributed by atoms with Crippen molar-refractivity contribution in [1.29, 1.82) is 0 Å². The lowest BCUT2D eigenvalue weighted by Gasteiger charge is -2.32. The molecule has 8 heteroatoms. The lowest BCUT2D eigenvalue weighted by molar-refractivity contribution is -0.131. The van der Waals surface area contributed by atoms with Crippen molar-refractivity contribution in [3.8, 4) is 0 Å². The number of hydrogen-bond donors (Lipinski definition) is 4. The molecule has 0 aliphatic carbocycles. The van der Waals surface area contributed by atoms with Gasteiger partial charge in [0.1, 0.15) is 5.82 Å². The quantitative estimate of drug-likeness (QED) is 0.591. The lowest BCUT2D eigenvalue weighted by Crippen LogP contribution is -2.54. The van der Waals surface area contributed by atoms with Gasteiger partial charge < -0.3 is 26.0 Å². The number of anilines is 1. The van der Waals surface area contributed by atoms with E-state index in [1.54, 1.807) is 41.3 Å². The molecule has 1 fully saturated rings. The Hall–Kier alpha value is -2.97. The maximum Gasteiger partial charge on any atom is 0.319 e. The molecule has 29 heavy (non-hydrogen) atoms. The first-order chi connectivity index (χ1) is 14.0. The van der Waals surface area contributed by atoms with Crippen LogP contribution < -0.4 is 16.0 Å². The van der Waals surface area contributed by atoms with Crippen molar-refractivity contribution in [2.24, 2.45) is 0 Å². The molecule has 0 bridgehead atoms. The Morgan fingerprint density at radius 2 is 1.79 bits per heavy atom. The second-order valence-corrected chi connectivity index (χ2v) is 6.98. The van der Waals surface area contributed by atoms with Crippen LogP contribution in [0.2, 0.25) is 0 Å². The summed E-state index contributed by atoms with van der Waals surface area (Å²) in [6.07, 6.45) is 0.273. The van der Waals surface area contributed by atoms with Crippen molar-refractivity contribution in [3.05, 3.63) is 65.5 Å². The van der Waals surface area contributed by atoms with E-state index in [9.17, 15) is 19.1 Å². The largest absolute Gasteiger partial charge is 0.395 e. The minimum absolute atomic E-state index is 0.00731. The zero-order chi connectivity index (χ0) is 20.6. The fourth-order valence-corrected chi connectivity index (χ4v) is 3.13. The van der Waals surface area contributed by atoms with Gasteiger partial charge in [-0.15, -0.1) is 0 Å². The van der Waals surface area contributed by atoms with Crippen LogP contribution in [-0.4, -0.2) is 54.2 Å². The van der Waals surface area contributed by atoms with Gasteiger partial charge in [-0.05, 0) is 35.4 Å². The summed E-state index contributed by atoms with van der Waals surface area (Å²) in [5.41, 5.74) is 2.26. The van der Waals surface area contributed by atoms with Crippen LogP contribution in [0.15, 0.2) is 48.5 Å². The predicted molar refractivity (Wildman–Crippen MR) is 108 cm³/mol. The Kier molecular flexibility index (Phi) is 7.15. The molecule has 3 rings (SSSR count). The van der Waals surface area contributed by atoms with Gasteiger partial charge in [-0.1, -0.05) is 24.3 Å². The average Bonchev–Trinajstić information content (AvgIpc) is 2.74. The van der Waals surface area contributed by atoms with E-state index in [2.05, 4.69) is 16.0 Å². The van der Waals surface area contributed by atoms with E-state index >= 15 is 0 Å². The summed E-state index contributed by atoms with van der Waals surface area (Å²) in [6.45, 7) is 2.10. The third-order valence-electron chi connectivity index (χ3n) is 4.76. The van der Waals surface area contributed by atoms with Crippen LogP contribution in [0.4, 0.5) is 14.9 Å². The lowest BCUT2D eigenvalue weighted by atomic mass is 10.1. The van der Waals surface area contributed by atoms with Gasteiger partial charge in [0.2, 0.25) is 5.91 Å². The number of nitrogens with zero attached hydrogens (tertiary/aromatic N) is 1. The summed E-state index contributed by atoms with van der Waals surface area (Å²) in [4.78, 5) is 26.2. The van der Waals surface area contributed by atoms with Crippen molar-refractivity contribution in [1.82, 2.24) is 15.5 Å². The smallest absolute Gasteiger partial charge is 0.319 e. The fraction of sp³-hybridized carbons (Fsp3) is 0.333. The minimum atomic E-state index is -0.367. The summed E-state index contributed by atoms with van der Waals surface area (Å²) >= 11 is 0. The van der Waals surface area contributed by atoms with Crippen LogP contribution in [0.1, 0.15) is 11.1 Å².